The Morgan fingerprint density at radius 3 is 3.04 bits per heavy atom. The molecule has 0 radical (unpaired) electrons. The van der Waals surface area contributed by atoms with Crippen molar-refractivity contribution in [3.63, 3.8) is 0 Å². The van der Waals surface area contributed by atoms with E-state index in [1.165, 1.54) is 0 Å². The van der Waals surface area contributed by atoms with Gasteiger partial charge in [0.2, 0.25) is 5.91 Å². The van der Waals surface area contributed by atoms with Crippen molar-refractivity contribution in [1.29, 1.82) is 5.26 Å². The molecule has 24 heavy (non-hydrogen) atoms. The van der Waals surface area contributed by atoms with E-state index in [9.17, 15) is 4.79 Å². The summed E-state index contributed by atoms with van der Waals surface area (Å²) >= 11 is 5.84. The van der Waals surface area contributed by atoms with Crippen LogP contribution in [0.5, 0.6) is 5.75 Å². The van der Waals surface area contributed by atoms with Crippen LogP contribution in [0, 0.1) is 11.3 Å². The fourth-order valence-corrected chi connectivity index (χ4v) is 2.56. The minimum absolute atomic E-state index is 0.0487. The van der Waals surface area contributed by atoms with Crippen molar-refractivity contribution in [1.82, 2.24) is 4.98 Å². The van der Waals surface area contributed by atoms with Gasteiger partial charge in [-0.25, -0.2) is 4.98 Å². The van der Waals surface area contributed by atoms with E-state index in [0.717, 1.165) is 23.4 Å². The molecule has 1 aromatic carbocycles. The van der Waals surface area contributed by atoms with Crippen molar-refractivity contribution >= 4 is 29.0 Å². The molecule has 7 heteroatoms. The van der Waals surface area contributed by atoms with E-state index in [-0.39, 0.29) is 11.6 Å². The van der Waals surface area contributed by atoms with E-state index in [2.05, 4.69) is 15.6 Å². The molecular weight excluding hydrogens is 328 g/mol. The van der Waals surface area contributed by atoms with Gasteiger partial charge in [0.1, 0.15) is 24.2 Å². The maximum atomic E-state index is 11.3. The van der Waals surface area contributed by atoms with Gasteiger partial charge in [0.25, 0.3) is 0 Å². The third-order valence-corrected chi connectivity index (χ3v) is 3.91. The van der Waals surface area contributed by atoms with E-state index in [1.807, 2.05) is 24.3 Å². The number of pyridine rings is 1. The zero-order valence-electron chi connectivity index (χ0n) is 12.8. The number of nitrogens with one attached hydrogen (secondary N) is 2. The second kappa shape index (κ2) is 7.20. The Kier molecular flexibility index (Phi) is 4.82. The summed E-state index contributed by atoms with van der Waals surface area (Å²) in [6, 6.07) is 10.9. The highest BCUT2D eigenvalue weighted by Gasteiger charge is 2.14. The Labute approximate surface area is 144 Å². The standard InChI is InChI=1S/C17H15ClN4O2/c18-13-3-5-16(21-15(13)10-19)20-7-8-24-12-2-4-14-11(9-12)1-6-17(23)22-14/h2-5,9H,1,6-8H2,(H,20,21)(H,22,23). The highest BCUT2D eigenvalue weighted by atomic mass is 35.5. The lowest BCUT2D eigenvalue weighted by Crippen LogP contribution is -2.19. The molecule has 1 amide bonds. The van der Waals surface area contributed by atoms with Crippen LogP contribution >= 0.6 is 11.6 Å². The van der Waals surface area contributed by atoms with Gasteiger partial charge in [0, 0.05) is 12.1 Å². The van der Waals surface area contributed by atoms with E-state index in [0.29, 0.717) is 30.4 Å². The largest absolute Gasteiger partial charge is 0.492 e. The normalized spacial score (nSPS) is 12.8. The van der Waals surface area contributed by atoms with Gasteiger partial charge in [-0.3, -0.25) is 4.79 Å². The summed E-state index contributed by atoms with van der Waals surface area (Å²) in [7, 11) is 0. The number of nitriles is 1. The zero-order valence-corrected chi connectivity index (χ0v) is 13.6. The monoisotopic (exact) mass is 342 g/mol. The van der Waals surface area contributed by atoms with Crippen molar-refractivity contribution in [3.8, 4) is 11.8 Å². The van der Waals surface area contributed by atoms with Gasteiger partial charge in [-0.15, -0.1) is 0 Å². The lowest BCUT2D eigenvalue weighted by atomic mass is 10.0. The summed E-state index contributed by atoms with van der Waals surface area (Å²) in [5, 5.41) is 15.2. The first-order chi connectivity index (χ1) is 11.7. The number of carbonyl (C=O) groups is 1. The Bertz CT molecular complexity index is 817. The first-order valence-electron chi connectivity index (χ1n) is 7.52. The molecule has 2 heterocycles. The molecule has 122 valence electrons. The van der Waals surface area contributed by atoms with Gasteiger partial charge in [0.15, 0.2) is 5.69 Å². The van der Waals surface area contributed by atoms with Gasteiger partial charge in [-0.2, -0.15) is 5.26 Å². The molecule has 0 aliphatic carbocycles. The third-order valence-electron chi connectivity index (χ3n) is 3.60. The van der Waals surface area contributed by atoms with Crippen LogP contribution < -0.4 is 15.4 Å². The average Bonchev–Trinajstić information content (AvgIpc) is 2.60. The molecule has 0 saturated heterocycles. The van der Waals surface area contributed by atoms with Crippen LogP contribution in [-0.2, 0) is 11.2 Å². The number of ether oxygens (including phenoxy) is 1. The number of hydrogen-bond donors (Lipinski definition) is 2. The van der Waals surface area contributed by atoms with Crippen molar-refractivity contribution in [2.45, 2.75) is 12.8 Å². The minimum Gasteiger partial charge on any atom is -0.492 e. The Hall–Kier alpha value is -2.78. The van der Waals surface area contributed by atoms with Crippen molar-refractivity contribution in [2.75, 3.05) is 23.8 Å². The van der Waals surface area contributed by atoms with E-state index in [4.69, 9.17) is 21.6 Å². The number of aromatic nitrogens is 1. The third kappa shape index (κ3) is 3.76. The van der Waals surface area contributed by atoms with Crippen LogP contribution in [0.3, 0.4) is 0 Å². The second-order valence-electron chi connectivity index (χ2n) is 5.28. The van der Waals surface area contributed by atoms with Crippen LogP contribution in [0.1, 0.15) is 17.7 Å². The number of anilines is 2. The van der Waals surface area contributed by atoms with E-state index < -0.39 is 0 Å². The molecule has 0 bridgehead atoms. The number of halogens is 1. The number of aryl methyl sites for hydroxylation is 1. The number of nitrogens with zero attached hydrogens (tertiary/aromatic N) is 2. The summed E-state index contributed by atoms with van der Waals surface area (Å²) in [5.74, 6) is 1.38. The second-order valence-corrected chi connectivity index (χ2v) is 5.69. The van der Waals surface area contributed by atoms with Crippen molar-refractivity contribution in [2.24, 2.45) is 0 Å². The molecule has 0 fully saturated rings. The predicted octanol–water partition coefficient (Wildman–Crippen LogP) is 2.98. The molecule has 2 aromatic rings. The van der Waals surface area contributed by atoms with Crippen LogP contribution in [0.15, 0.2) is 30.3 Å². The number of benzene rings is 1. The molecule has 3 rings (SSSR count). The summed E-state index contributed by atoms with van der Waals surface area (Å²) in [4.78, 5) is 15.4. The number of amides is 1. The average molecular weight is 343 g/mol. The van der Waals surface area contributed by atoms with Crippen LogP contribution in [-0.4, -0.2) is 24.0 Å². The SMILES string of the molecule is N#Cc1nc(NCCOc2ccc3c(c2)CCC(=O)N3)ccc1Cl. The summed E-state index contributed by atoms with van der Waals surface area (Å²) in [6.45, 7) is 0.977. The highest BCUT2D eigenvalue weighted by Crippen LogP contribution is 2.26. The minimum atomic E-state index is 0.0487. The predicted molar refractivity (Wildman–Crippen MR) is 91.3 cm³/mol. The van der Waals surface area contributed by atoms with Gasteiger partial charge < -0.3 is 15.4 Å². The fraction of sp³-hybridized carbons (Fsp3) is 0.235. The Morgan fingerprint density at radius 1 is 1.33 bits per heavy atom. The maximum Gasteiger partial charge on any atom is 0.224 e. The molecule has 0 atom stereocenters. The lowest BCUT2D eigenvalue weighted by molar-refractivity contribution is -0.116. The van der Waals surface area contributed by atoms with Gasteiger partial charge in [-0.1, -0.05) is 11.6 Å². The summed E-state index contributed by atoms with van der Waals surface area (Å²) in [5.41, 5.74) is 2.13. The summed E-state index contributed by atoms with van der Waals surface area (Å²) in [6.07, 6.45) is 1.23. The lowest BCUT2D eigenvalue weighted by Gasteiger charge is -2.17. The maximum absolute atomic E-state index is 11.3. The molecule has 1 aromatic heterocycles. The number of hydrogen-bond acceptors (Lipinski definition) is 5. The number of carbonyl (C=O) groups excluding carboxylic acids is 1. The molecule has 0 spiro atoms. The first kappa shape index (κ1) is 16.1. The molecular formula is C17H15ClN4O2. The highest BCUT2D eigenvalue weighted by molar-refractivity contribution is 6.31. The van der Waals surface area contributed by atoms with Gasteiger partial charge in [-0.05, 0) is 42.3 Å². The molecule has 6 nitrogen and oxygen atoms in total. The van der Waals surface area contributed by atoms with E-state index >= 15 is 0 Å². The van der Waals surface area contributed by atoms with Gasteiger partial charge in [0.05, 0.1) is 11.6 Å². The van der Waals surface area contributed by atoms with E-state index in [1.54, 1.807) is 12.1 Å². The topological polar surface area (TPSA) is 87.0 Å². The first-order valence-corrected chi connectivity index (χ1v) is 7.89. The zero-order chi connectivity index (χ0) is 16.9. The van der Waals surface area contributed by atoms with Crippen molar-refractivity contribution in [3.05, 3.63) is 46.6 Å². The van der Waals surface area contributed by atoms with Crippen molar-refractivity contribution < 1.29 is 9.53 Å². The molecule has 1 aliphatic rings. The Morgan fingerprint density at radius 2 is 2.21 bits per heavy atom. The molecule has 1 aliphatic heterocycles. The number of fused-ring (bicyclic) bond motifs is 1. The number of rotatable bonds is 5. The van der Waals surface area contributed by atoms with Crippen LogP contribution in [0.4, 0.5) is 11.5 Å². The smallest absolute Gasteiger partial charge is 0.224 e. The molecule has 0 saturated carbocycles. The van der Waals surface area contributed by atoms with Crippen LogP contribution in [0.2, 0.25) is 5.02 Å². The van der Waals surface area contributed by atoms with Crippen LogP contribution in [0.25, 0.3) is 0 Å². The molecule has 2 N–H and O–H groups in total. The Balaban J connectivity index is 1.52. The fourth-order valence-electron chi connectivity index (χ4n) is 2.42. The van der Waals surface area contributed by atoms with Gasteiger partial charge >= 0.3 is 0 Å². The quantitative estimate of drug-likeness (QED) is 0.816. The summed E-state index contributed by atoms with van der Waals surface area (Å²) < 4.78 is 5.71. The molecule has 0 unspecified atom stereocenters.